The topological polar surface area (TPSA) is 108 Å². The van der Waals surface area contributed by atoms with Crippen LogP contribution in [-0.2, 0) is 14.3 Å². The van der Waals surface area contributed by atoms with Crippen molar-refractivity contribution in [1.29, 1.82) is 0 Å². The number of amides is 4. The van der Waals surface area contributed by atoms with Gasteiger partial charge in [-0.25, -0.2) is 13.6 Å². The number of likely N-dealkylation sites (tertiary alicyclic amines) is 1. The zero-order valence-electron chi connectivity index (χ0n) is 19.5. The van der Waals surface area contributed by atoms with Crippen LogP contribution in [0.2, 0.25) is 5.02 Å². The van der Waals surface area contributed by atoms with Crippen molar-refractivity contribution in [3.8, 4) is 0 Å². The molecular weight excluding hydrogens is 510 g/mol. The number of hydrogen-bond donors (Lipinski definition) is 2. The number of hydrogen-bond acceptors (Lipinski definition) is 6. The van der Waals surface area contributed by atoms with Gasteiger partial charge in [0.2, 0.25) is 11.8 Å². The van der Waals surface area contributed by atoms with E-state index < -0.39 is 41.6 Å². The Bertz CT molecular complexity index is 1240. The number of alkyl carbamates (subject to hydrolysis) is 1. The van der Waals surface area contributed by atoms with Crippen molar-refractivity contribution < 1.29 is 32.7 Å². The zero-order chi connectivity index (χ0) is 26.3. The first-order valence-corrected chi connectivity index (χ1v) is 12.2. The molecular formula is C25H23ClF2N4O5. The molecule has 2 aromatic carbocycles. The van der Waals surface area contributed by atoms with E-state index >= 15 is 0 Å². The van der Waals surface area contributed by atoms with Gasteiger partial charge in [0.25, 0.3) is 5.91 Å². The second-order valence-corrected chi connectivity index (χ2v) is 9.75. The van der Waals surface area contributed by atoms with Gasteiger partial charge < -0.3 is 19.9 Å². The van der Waals surface area contributed by atoms with Crippen LogP contribution in [0.25, 0.3) is 0 Å². The first-order valence-electron chi connectivity index (χ1n) is 11.8. The minimum Gasteiger partial charge on any atom is -0.442 e. The van der Waals surface area contributed by atoms with Crippen LogP contribution in [0.3, 0.4) is 0 Å². The van der Waals surface area contributed by atoms with E-state index in [1.165, 1.54) is 0 Å². The van der Waals surface area contributed by atoms with E-state index in [0.29, 0.717) is 23.7 Å². The van der Waals surface area contributed by atoms with E-state index in [2.05, 4.69) is 10.6 Å². The smallest absolute Gasteiger partial charge is 0.407 e. The van der Waals surface area contributed by atoms with Gasteiger partial charge in [-0.15, -0.1) is 0 Å². The molecule has 0 bridgehead atoms. The molecule has 5 rings (SSSR count). The zero-order valence-corrected chi connectivity index (χ0v) is 20.3. The summed E-state index contributed by atoms with van der Waals surface area (Å²) in [5, 5.41) is 5.35. The molecule has 3 aliphatic heterocycles. The van der Waals surface area contributed by atoms with Gasteiger partial charge in [0.1, 0.15) is 17.7 Å². The Kier molecular flexibility index (Phi) is 6.72. The van der Waals surface area contributed by atoms with E-state index in [0.717, 1.165) is 12.1 Å². The lowest BCUT2D eigenvalue weighted by molar-refractivity contribution is -0.134. The molecule has 37 heavy (non-hydrogen) atoms. The van der Waals surface area contributed by atoms with Gasteiger partial charge in [-0.05, 0) is 42.8 Å². The SMILES string of the molecule is O=C1CCC(c2c(F)cc(N3CC(NC(=O)OC4CN(C(=O)c5ccc(Cl)cc5)C4)C3)cc2F)C(=O)N1. The van der Waals surface area contributed by atoms with Crippen LogP contribution in [0.5, 0.6) is 0 Å². The molecule has 2 N–H and O–H groups in total. The van der Waals surface area contributed by atoms with Crippen LogP contribution < -0.4 is 15.5 Å². The monoisotopic (exact) mass is 532 g/mol. The summed E-state index contributed by atoms with van der Waals surface area (Å²) < 4.78 is 34.8. The molecule has 0 aromatic heterocycles. The van der Waals surface area contributed by atoms with E-state index in [-0.39, 0.29) is 49.1 Å². The lowest BCUT2D eigenvalue weighted by Gasteiger charge is -2.42. The summed E-state index contributed by atoms with van der Waals surface area (Å²) in [5.74, 6) is -4.12. The molecule has 3 aliphatic rings. The van der Waals surface area contributed by atoms with Gasteiger partial charge >= 0.3 is 6.09 Å². The predicted molar refractivity (Wildman–Crippen MR) is 128 cm³/mol. The van der Waals surface area contributed by atoms with Crippen LogP contribution in [0.1, 0.15) is 34.7 Å². The number of ether oxygens (including phenoxy) is 1. The third kappa shape index (κ3) is 5.22. The first kappa shape index (κ1) is 24.9. The highest BCUT2D eigenvalue weighted by Gasteiger charge is 2.37. The average Bonchev–Trinajstić information content (AvgIpc) is 2.79. The average molecular weight is 533 g/mol. The summed E-state index contributed by atoms with van der Waals surface area (Å²) in [5.41, 5.74) is 0.435. The lowest BCUT2D eigenvalue weighted by Crippen LogP contribution is -2.61. The normalized spacial score (nSPS) is 20.1. The number of carbonyl (C=O) groups excluding carboxylic acids is 4. The molecule has 12 heteroatoms. The van der Waals surface area contributed by atoms with Crippen LogP contribution >= 0.6 is 11.6 Å². The maximum atomic E-state index is 14.7. The van der Waals surface area contributed by atoms with Gasteiger partial charge in [0.15, 0.2) is 0 Å². The summed E-state index contributed by atoms with van der Waals surface area (Å²) in [6.45, 7) is 1.20. The fourth-order valence-electron chi connectivity index (χ4n) is 4.64. The third-order valence-corrected chi connectivity index (χ3v) is 6.97. The van der Waals surface area contributed by atoms with Crippen LogP contribution in [0.15, 0.2) is 36.4 Å². The molecule has 0 aliphatic carbocycles. The number of nitrogens with zero attached hydrogens (tertiary/aromatic N) is 2. The molecule has 0 radical (unpaired) electrons. The highest BCUT2D eigenvalue weighted by molar-refractivity contribution is 6.30. The minimum absolute atomic E-state index is 0.0180. The maximum absolute atomic E-state index is 14.7. The molecule has 3 heterocycles. The molecule has 2 aromatic rings. The number of halogens is 3. The summed E-state index contributed by atoms with van der Waals surface area (Å²) in [6.07, 6.45) is -0.984. The highest BCUT2D eigenvalue weighted by Crippen LogP contribution is 2.33. The molecule has 1 unspecified atom stereocenters. The summed E-state index contributed by atoms with van der Waals surface area (Å²) in [4.78, 5) is 51.2. The van der Waals surface area contributed by atoms with Gasteiger partial charge in [-0.2, -0.15) is 0 Å². The van der Waals surface area contributed by atoms with Gasteiger partial charge in [-0.3, -0.25) is 19.7 Å². The molecule has 1 atom stereocenters. The van der Waals surface area contributed by atoms with Crippen molar-refractivity contribution in [3.05, 3.63) is 64.2 Å². The fraction of sp³-hybridized carbons (Fsp3) is 0.360. The third-order valence-electron chi connectivity index (χ3n) is 6.72. The molecule has 3 fully saturated rings. The van der Waals surface area contributed by atoms with E-state index in [4.69, 9.17) is 16.3 Å². The van der Waals surface area contributed by atoms with Crippen LogP contribution in [0.4, 0.5) is 19.3 Å². The van der Waals surface area contributed by atoms with Crippen LogP contribution in [-0.4, -0.2) is 67.0 Å². The molecule has 9 nitrogen and oxygen atoms in total. The Morgan fingerprint density at radius 3 is 2.30 bits per heavy atom. The first-order chi connectivity index (χ1) is 17.7. The fourth-order valence-corrected chi connectivity index (χ4v) is 4.77. The second kappa shape index (κ2) is 9.97. The largest absolute Gasteiger partial charge is 0.442 e. The Morgan fingerprint density at radius 1 is 1.03 bits per heavy atom. The molecule has 0 saturated carbocycles. The molecule has 3 saturated heterocycles. The molecule has 4 amide bonds. The summed E-state index contributed by atoms with van der Waals surface area (Å²) in [6, 6.07) is 8.55. The quantitative estimate of drug-likeness (QED) is 0.573. The van der Waals surface area contributed by atoms with Crippen LogP contribution in [0, 0.1) is 11.6 Å². The Labute approximate surface area is 215 Å². The lowest BCUT2D eigenvalue weighted by atomic mass is 9.89. The Hall–Kier alpha value is -3.73. The number of nitrogens with one attached hydrogen (secondary N) is 2. The Morgan fingerprint density at radius 2 is 1.68 bits per heavy atom. The number of piperidine rings is 1. The predicted octanol–water partition coefficient (Wildman–Crippen LogP) is 2.58. The van der Waals surface area contributed by atoms with Crippen molar-refractivity contribution in [2.24, 2.45) is 0 Å². The number of imide groups is 1. The molecule has 194 valence electrons. The number of carbonyl (C=O) groups is 4. The van der Waals surface area contributed by atoms with Crippen molar-refractivity contribution in [2.75, 3.05) is 31.1 Å². The Balaban J connectivity index is 1.08. The van der Waals surface area contributed by atoms with Crippen molar-refractivity contribution in [3.63, 3.8) is 0 Å². The van der Waals surface area contributed by atoms with E-state index in [1.807, 2.05) is 0 Å². The molecule has 0 spiro atoms. The number of benzene rings is 2. The summed E-state index contributed by atoms with van der Waals surface area (Å²) >= 11 is 5.84. The van der Waals surface area contributed by atoms with Crippen molar-refractivity contribution in [1.82, 2.24) is 15.5 Å². The van der Waals surface area contributed by atoms with Crippen molar-refractivity contribution >= 4 is 41.1 Å². The van der Waals surface area contributed by atoms with Gasteiger partial charge in [-0.1, -0.05) is 11.6 Å². The van der Waals surface area contributed by atoms with E-state index in [1.54, 1.807) is 34.1 Å². The van der Waals surface area contributed by atoms with Crippen molar-refractivity contribution in [2.45, 2.75) is 30.9 Å². The standard InChI is InChI=1S/C25H23ClF2N4O5/c26-14-3-1-13(2-4-14)24(35)32-11-17(12-32)37-25(36)29-15-9-31(10-15)16-7-19(27)22(20(28)8-16)18-5-6-21(33)30-23(18)34/h1-4,7-8,15,17-18H,5-6,9-12H2,(H,29,36)(H,30,33,34). The van der Waals surface area contributed by atoms with Gasteiger partial charge in [0, 0.05) is 41.3 Å². The minimum atomic E-state index is -1.06. The summed E-state index contributed by atoms with van der Waals surface area (Å²) in [7, 11) is 0. The van der Waals surface area contributed by atoms with E-state index in [9.17, 15) is 28.0 Å². The highest BCUT2D eigenvalue weighted by atomic mass is 35.5. The number of rotatable bonds is 5. The maximum Gasteiger partial charge on any atom is 0.407 e. The number of anilines is 1. The van der Waals surface area contributed by atoms with Gasteiger partial charge in [0.05, 0.1) is 25.0 Å². The second-order valence-electron chi connectivity index (χ2n) is 9.32.